The van der Waals surface area contributed by atoms with Crippen LogP contribution in [-0.4, -0.2) is 61.3 Å². The molecule has 2 rings (SSSR count). The highest BCUT2D eigenvalue weighted by molar-refractivity contribution is 5.86. The number of carbonyl (C=O) groups excluding carboxylic acids is 1. The van der Waals surface area contributed by atoms with E-state index >= 15 is 0 Å². The van der Waals surface area contributed by atoms with Gasteiger partial charge in [0, 0.05) is 32.8 Å². The van der Waals surface area contributed by atoms with Crippen LogP contribution in [0.5, 0.6) is 0 Å². The average Bonchev–Trinajstić information content (AvgIpc) is 2.77. The summed E-state index contributed by atoms with van der Waals surface area (Å²) in [7, 11) is 0. The number of amides is 1. The number of rotatable bonds is 3. The number of piperazine rings is 1. The first-order valence-corrected chi connectivity index (χ1v) is 6.80. The molecule has 18 heavy (non-hydrogen) atoms. The molecule has 0 bridgehead atoms. The summed E-state index contributed by atoms with van der Waals surface area (Å²) in [5.74, 6) is 0.109. The van der Waals surface area contributed by atoms with E-state index in [2.05, 4.69) is 22.5 Å². The van der Waals surface area contributed by atoms with Crippen molar-refractivity contribution in [1.29, 1.82) is 0 Å². The van der Waals surface area contributed by atoms with E-state index in [-0.39, 0.29) is 11.4 Å². The largest absolute Gasteiger partial charge is 0.379 e. The summed E-state index contributed by atoms with van der Waals surface area (Å²) in [5.41, 5.74) is -0.643. The fourth-order valence-electron chi connectivity index (χ4n) is 2.56. The minimum atomic E-state index is -0.451. The van der Waals surface area contributed by atoms with E-state index in [0.29, 0.717) is 6.61 Å². The molecule has 2 saturated heterocycles. The SMILES string of the molecule is CC1(NC(=O)C(C)(C)N2CCNCC2)CCOC1. The van der Waals surface area contributed by atoms with Crippen molar-refractivity contribution in [2.75, 3.05) is 39.4 Å². The monoisotopic (exact) mass is 255 g/mol. The predicted molar refractivity (Wildman–Crippen MR) is 70.5 cm³/mol. The van der Waals surface area contributed by atoms with Gasteiger partial charge in [-0.15, -0.1) is 0 Å². The smallest absolute Gasteiger partial charge is 0.240 e. The van der Waals surface area contributed by atoms with Gasteiger partial charge in [-0.3, -0.25) is 9.69 Å². The Hall–Kier alpha value is -0.650. The summed E-state index contributed by atoms with van der Waals surface area (Å²) in [6.45, 7) is 11.2. The Morgan fingerprint density at radius 3 is 2.61 bits per heavy atom. The molecule has 2 aliphatic heterocycles. The first kappa shape index (κ1) is 13.8. The second kappa shape index (κ2) is 5.15. The first-order valence-electron chi connectivity index (χ1n) is 6.80. The average molecular weight is 255 g/mol. The molecule has 2 fully saturated rings. The normalized spacial score (nSPS) is 30.4. The van der Waals surface area contributed by atoms with Crippen LogP contribution in [0.4, 0.5) is 0 Å². The van der Waals surface area contributed by atoms with Crippen molar-refractivity contribution in [2.24, 2.45) is 0 Å². The molecule has 5 nitrogen and oxygen atoms in total. The second-order valence-electron chi connectivity index (χ2n) is 6.11. The van der Waals surface area contributed by atoms with Crippen LogP contribution in [0.15, 0.2) is 0 Å². The van der Waals surface area contributed by atoms with Crippen LogP contribution in [0.3, 0.4) is 0 Å². The Morgan fingerprint density at radius 1 is 1.39 bits per heavy atom. The molecule has 104 valence electrons. The van der Waals surface area contributed by atoms with Crippen LogP contribution in [0, 0.1) is 0 Å². The quantitative estimate of drug-likeness (QED) is 0.743. The van der Waals surface area contributed by atoms with Gasteiger partial charge in [0.1, 0.15) is 0 Å². The van der Waals surface area contributed by atoms with Gasteiger partial charge in [0.25, 0.3) is 0 Å². The molecule has 1 unspecified atom stereocenters. The number of nitrogens with zero attached hydrogens (tertiary/aromatic N) is 1. The van der Waals surface area contributed by atoms with Crippen molar-refractivity contribution in [3.63, 3.8) is 0 Å². The Balaban J connectivity index is 1.97. The van der Waals surface area contributed by atoms with Crippen molar-refractivity contribution in [2.45, 2.75) is 38.3 Å². The lowest BCUT2D eigenvalue weighted by Crippen LogP contribution is -2.63. The highest BCUT2D eigenvalue weighted by Crippen LogP contribution is 2.21. The van der Waals surface area contributed by atoms with Gasteiger partial charge in [-0.05, 0) is 27.2 Å². The zero-order valence-electron chi connectivity index (χ0n) is 11.7. The van der Waals surface area contributed by atoms with Crippen molar-refractivity contribution in [1.82, 2.24) is 15.5 Å². The molecule has 2 aliphatic rings. The molecule has 5 heteroatoms. The fourth-order valence-corrected chi connectivity index (χ4v) is 2.56. The van der Waals surface area contributed by atoms with Crippen molar-refractivity contribution >= 4 is 5.91 Å². The molecule has 0 aromatic carbocycles. The molecule has 1 amide bonds. The molecular formula is C13H25N3O2. The lowest BCUT2D eigenvalue weighted by molar-refractivity contribution is -0.134. The minimum Gasteiger partial charge on any atom is -0.379 e. The Bertz CT molecular complexity index is 305. The van der Waals surface area contributed by atoms with Crippen molar-refractivity contribution in [3.05, 3.63) is 0 Å². The molecule has 0 radical (unpaired) electrons. The van der Waals surface area contributed by atoms with E-state index in [1.54, 1.807) is 0 Å². The Morgan fingerprint density at radius 2 is 2.06 bits per heavy atom. The zero-order valence-corrected chi connectivity index (χ0v) is 11.7. The summed E-state index contributed by atoms with van der Waals surface area (Å²) < 4.78 is 5.38. The van der Waals surface area contributed by atoms with Gasteiger partial charge in [0.15, 0.2) is 0 Å². The number of hydrogen-bond donors (Lipinski definition) is 2. The molecular weight excluding hydrogens is 230 g/mol. The molecule has 0 saturated carbocycles. The van der Waals surface area contributed by atoms with Gasteiger partial charge in [-0.25, -0.2) is 0 Å². The van der Waals surface area contributed by atoms with Gasteiger partial charge in [-0.1, -0.05) is 0 Å². The van der Waals surface area contributed by atoms with Gasteiger partial charge in [0.05, 0.1) is 17.7 Å². The third-order valence-corrected chi connectivity index (χ3v) is 4.10. The number of hydrogen-bond acceptors (Lipinski definition) is 4. The molecule has 0 aromatic heterocycles. The van der Waals surface area contributed by atoms with Gasteiger partial charge in [0.2, 0.25) is 5.91 Å². The lowest BCUT2D eigenvalue weighted by atomic mass is 9.96. The summed E-state index contributed by atoms with van der Waals surface area (Å²) in [6.07, 6.45) is 0.899. The standard InChI is InChI=1S/C13H25N3O2/c1-12(2,16-7-5-14-6-8-16)11(17)15-13(3)4-9-18-10-13/h14H,4-10H2,1-3H3,(H,15,17). The third kappa shape index (κ3) is 2.84. The maximum atomic E-state index is 12.5. The van der Waals surface area contributed by atoms with E-state index in [1.165, 1.54) is 0 Å². The third-order valence-electron chi connectivity index (χ3n) is 4.10. The van der Waals surface area contributed by atoms with Gasteiger partial charge >= 0.3 is 0 Å². The van der Waals surface area contributed by atoms with Crippen LogP contribution in [0.25, 0.3) is 0 Å². The van der Waals surface area contributed by atoms with Crippen LogP contribution >= 0.6 is 0 Å². The fraction of sp³-hybridized carbons (Fsp3) is 0.923. The highest BCUT2D eigenvalue weighted by Gasteiger charge is 2.40. The van der Waals surface area contributed by atoms with Crippen molar-refractivity contribution in [3.8, 4) is 0 Å². The molecule has 2 heterocycles. The summed E-state index contributed by atoms with van der Waals surface area (Å²) >= 11 is 0. The van der Waals surface area contributed by atoms with E-state index in [0.717, 1.165) is 39.2 Å². The lowest BCUT2D eigenvalue weighted by Gasteiger charge is -2.41. The van der Waals surface area contributed by atoms with E-state index < -0.39 is 5.54 Å². The van der Waals surface area contributed by atoms with E-state index in [9.17, 15) is 4.79 Å². The molecule has 0 spiro atoms. The van der Waals surface area contributed by atoms with Gasteiger partial charge in [-0.2, -0.15) is 0 Å². The molecule has 2 N–H and O–H groups in total. The second-order valence-corrected chi connectivity index (χ2v) is 6.11. The Labute approximate surface area is 109 Å². The van der Waals surface area contributed by atoms with Gasteiger partial charge < -0.3 is 15.4 Å². The van der Waals surface area contributed by atoms with Crippen LogP contribution < -0.4 is 10.6 Å². The molecule has 0 aromatic rings. The van der Waals surface area contributed by atoms with Crippen LogP contribution in [-0.2, 0) is 9.53 Å². The zero-order chi connectivity index (χ0) is 13.2. The maximum absolute atomic E-state index is 12.5. The van der Waals surface area contributed by atoms with E-state index in [1.807, 2.05) is 13.8 Å². The van der Waals surface area contributed by atoms with Crippen LogP contribution in [0.1, 0.15) is 27.2 Å². The predicted octanol–water partition coefficient (Wildman–Crippen LogP) is -0.0346. The van der Waals surface area contributed by atoms with Crippen LogP contribution in [0.2, 0.25) is 0 Å². The number of carbonyl (C=O) groups is 1. The number of nitrogens with one attached hydrogen (secondary N) is 2. The summed E-state index contributed by atoms with van der Waals surface area (Å²) in [4.78, 5) is 14.7. The Kier molecular flexibility index (Phi) is 3.94. The molecule has 1 atom stereocenters. The topological polar surface area (TPSA) is 53.6 Å². The molecule has 0 aliphatic carbocycles. The summed E-state index contributed by atoms with van der Waals surface area (Å²) in [6, 6.07) is 0. The number of ether oxygens (including phenoxy) is 1. The van der Waals surface area contributed by atoms with Crippen molar-refractivity contribution < 1.29 is 9.53 Å². The minimum absolute atomic E-state index is 0.109. The highest BCUT2D eigenvalue weighted by atomic mass is 16.5. The summed E-state index contributed by atoms with van der Waals surface area (Å²) in [5, 5.41) is 6.48. The first-order chi connectivity index (χ1) is 8.44. The maximum Gasteiger partial charge on any atom is 0.240 e. The van der Waals surface area contributed by atoms with E-state index in [4.69, 9.17) is 4.74 Å².